The minimum absolute atomic E-state index is 0.226. The summed E-state index contributed by atoms with van der Waals surface area (Å²) < 4.78 is 6.22. The molecule has 0 bridgehead atoms. The van der Waals surface area contributed by atoms with Crippen LogP contribution in [0, 0.1) is 0 Å². The van der Waals surface area contributed by atoms with Gasteiger partial charge in [0.2, 0.25) is 0 Å². The van der Waals surface area contributed by atoms with Crippen LogP contribution in [0.3, 0.4) is 0 Å². The molecule has 0 aliphatic carbocycles. The number of hydrogen-bond acceptors (Lipinski definition) is 5. The van der Waals surface area contributed by atoms with Crippen LogP contribution in [-0.2, 0) is 17.9 Å². The summed E-state index contributed by atoms with van der Waals surface area (Å²) in [6.45, 7) is 6.54. The molecule has 2 aromatic carbocycles. The minimum Gasteiger partial charge on any atom is -0.445 e. The van der Waals surface area contributed by atoms with Crippen molar-refractivity contribution < 1.29 is 9.53 Å². The molecule has 0 saturated heterocycles. The summed E-state index contributed by atoms with van der Waals surface area (Å²) >= 11 is 3.47. The maximum Gasteiger partial charge on any atom is 0.407 e. The third-order valence-corrected chi connectivity index (χ3v) is 4.63. The SMILES string of the molecule is CC(C)(C)NC(=O)OCc1ccc(CNc2nc3cc(Br)ccc3cc2N)cc1. The number of pyridine rings is 1. The van der Waals surface area contributed by atoms with Crippen molar-refractivity contribution in [2.75, 3.05) is 11.1 Å². The predicted octanol–water partition coefficient (Wildman–Crippen LogP) is 5.22. The van der Waals surface area contributed by atoms with Crippen molar-refractivity contribution in [3.8, 4) is 0 Å². The Morgan fingerprint density at radius 3 is 2.48 bits per heavy atom. The molecule has 0 atom stereocenters. The van der Waals surface area contributed by atoms with E-state index in [1.54, 1.807) is 0 Å². The Hall–Kier alpha value is -2.80. The highest BCUT2D eigenvalue weighted by Crippen LogP contribution is 2.25. The lowest BCUT2D eigenvalue weighted by molar-refractivity contribution is 0.131. The monoisotopic (exact) mass is 456 g/mol. The Labute approximate surface area is 179 Å². The van der Waals surface area contributed by atoms with Gasteiger partial charge in [0.05, 0.1) is 11.2 Å². The van der Waals surface area contributed by atoms with Crippen molar-refractivity contribution in [1.82, 2.24) is 10.3 Å². The number of hydrogen-bond donors (Lipinski definition) is 3. The van der Waals surface area contributed by atoms with Gasteiger partial charge in [0.25, 0.3) is 0 Å². The minimum atomic E-state index is -0.423. The number of alkyl carbamates (subject to hydrolysis) is 1. The third kappa shape index (κ3) is 6.09. The molecule has 0 saturated carbocycles. The fourth-order valence-corrected chi connectivity index (χ4v) is 3.08. The highest BCUT2D eigenvalue weighted by atomic mass is 79.9. The van der Waals surface area contributed by atoms with E-state index in [0.717, 1.165) is 26.5 Å². The highest BCUT2D eigenvalue weighted by molar-refractivity contribution is 9.10. The first kappa shape index (κ1) is 20.9. The molecule has 7 heteroatoms. The quantitative estimate of drug-likeness (QED) is 0.489. The summed E-state index contributed by atoms with van der Waals surface area (Å²) in [6, 6.07) is 15.7. The molecule has 1 aromatic heterocycles. The van der Waals surface area contributed by atoms with Crippen molar-refractivity contribution in [3.63, 3.8) is 0 Å². The van der Waals surface area contributed by atoms with Crippen LogP contribution in [0.5, 0.6) is 0 Å². The average Bonchev–Trinajstić information content (AvgIpc) is 2.64. The van der Waals surface area contributed by atoms with Gasteiger partial charge in [0, 0.05) is 21.9 Å². The van der Waals surface area contributed by atoms with E-state index in [-0.39, 0.29) is 12.1 Å². The molecule has 4 N–H and O–H groups in total. The molecule has 3 rings (SSSR count). The van der Waals surface area contributed by atoms with Crippen LogP contribution < -0.4 is 16.4 Å². The predicted molar refractivity (Wildman–Crippen MR) is 121 cm³/mol. The van der Waals surface area contributed by atoms with E-state index in [1.807, 2.05) is 69.3 Å². The van der Waals surface area contributed by atoms with Crippen LogP contribution in [0.2, 0.25) is 0 Å². The van der Waals surface area contributed by atoms with Crippen molar-refractivity contribution in [1.29, 1.82) is 0 Å². The second kappa shape index (κ2) is 8.69. The van der Waals surface area contributed by atoms with Gasteiger partial charge in [-0.1, -0.05) is 46.3 Å². The molecule has 152 valence electrons. The molecule has 0 unspecified atom stereocenters. The number of benzene rings is 2. The van der Waals surface area contributed by atoms with Gasteiger partial charge in [-0.25, -0.2) is 9.78 Å². The Bertz CT molecular complexity index is 1010. The van der Waals surface area contributed by atoms with E-state index < -0.39 is 6.09 Å². The standard InChI is InChI=1S/C22H25BrN4O2/c1-22(2,3)27-21(28)29-13-15-6-4-14(5-7-15)12-25-20-18(24)10-16-8-9-17(23)11-19(16)26-20/h4-11H,12-13,24H2,1-3H3,(H,25,26)(H,27,28). The van der Waals surface area contributed by atoms with Gasteiger partial charge in [0.1, 0.15) is 12.4 Å². The van der Waals surface area contributed by atoms with Crippen molar-refractivity contribution in [2.24, 2.45) is 0 Å². The van der Waals surface area contributed by atoms with Crippen LogP contribution in [0.15, 0.2) is 53.0 Å². The number of aromatic nitrogens is 1. The molecular weight excluding hydrogens is 432 g/mol. The molecule has 1 amide bonds. The van der Waals surface area contributed by atoms with E-state index in [4.69, 9.17) is 10.5 Å². The number of carbonyl (C=O) groups excluding carboxylic acids is 1. The van der Waals surface area contributed by atoms with Crippen LogP contribution in [0.1, 0.15) is 31.9 Å². The average molecular weight is 457 g/mol. The van der Waals surface area contributed by atoms with Crippen LogP contribution in [0.4, 0.5) is 16.3 Å². The van der Waals surface area contributed by atoms with E-state index in [2.05, 4.69) is 31.5 Å². The number of nitrogen functional groups attached to an aromatic ring is 1. The second-order valence-corrected chi connectivity index (χ2v) is 8.80. The first-order chi connectivity index (χ1) is 13.7. The Morgan fingerprint density at radius 1 is 1.10 bits per heavy atom. The number of fused-ring (bicyclic) bond motifs is 1. The lowest BCUT2D eigenvalue weighted by atomic mass is 10.1. The summed E-state index contributed by atoms with van der Waals surface area (Å²) in [5.74, 6) is 0.655. The van der Waals surface area contributed by atoms with Gasteiger partial charge in [-0.05, 0) is 50.1 Å². The molecule has 3 aromatic rings. The maximum absolute atomic E-state index is 11.7. The van der Waals surface area contributed by atoms with Crippen LogP contribution in [0.25, 0.3) is 10.9 Å². The van der Waals surface area contributed by atoms with E-state index in [1.165, 1.54) is 0 Å². The number of nitrogens with one attached hydrogen (secondary N) is 2. The Kier molecular flexibility index (Phi) is 6.27. The van der Waals surface area contributed by atoms with E-state index in [9.17, 15) is 4.79 Å². The summed E-state index contributed by atoms with van der Waals surface area (Å²) in [5.41, 5.74) is 9.29. The summed E-state index contributed by atoms with van der Waals surface area (Å²) in [5, 5.41) is 7.05. The zero-order valence-corrected chi connectivity index (χ0v) is 18.3. The number of rotatable bonds is 5. The highest BCUT2D eigenvalue weighted by Gasteiger charge is 2.14. The number of ether oxygens (including phenoxy) is 1. The fourth-order valence-electron chi connectivity index (χ4n) is 2.73. The first-order valence-corrected chi connectivity index (χ1v) is 10.1. The lowest BCUT2D eigenvalue weighted by Crippen LogP contribution is -2.40. The number of amides is 1. The molecule has 6 nitrogen and oxygen atoms in total. The molecule has 0 aliphatic rings. The number of halogens is 1. The zero-order chi connectivity index (χ0) is 21.0. The Morgan fingerprint density at radius 2 is 1.79 bits per heavy atom. The summed E-state index contributed by atoms with van der Waals surface area (Å²) in [6.07, 6.45) is -0.423. The van der Waals surface area contributed by atoms with Crippen LogP contribution >= 0.6 is 15.9 Å². The molecule has 0 aliphatic heterocycles. The van der Waals surface area contributed by atoms with Gasteiger partial charge in [0.15, 0.2) is 0 Å². The van der Waals surface area contributed by atoms with Gasteiger partial charge in [-0.2, -0.15) is 0 Å². The summed E-state index contributed by atoms with van der Waals surface area (Å²) in [7, 11) is 0. The smallest absolute Gasteiger partial charge is 0.407 e. The molecule has 0 fully saturated rings. The van der Waals surface area contributed by atoms with Gasteiger partial charge < -0.3 is 21.1 Å². The number of nitrogens with zero attached hydrogens (tertiary/aromatic N) is 1. The van der Waals surface area contributed by atoms with Crippen molar-refractivity contribution in [3.05, 3.63) is 64.1 Å². The largest absolute Gasteiger partial charge is 0.445 e. The number of carbonyl (C=O) groups is 1. The summed E-state index contributed by atoms with van der Waals surface area (Å²) in [4.78, 5) is 16.4. The van der Waals surface area contributed by atoms with E-state index in [0.29, 0.717) is 18.1 Å². The lowest BCUT2D eigenvalue weighted by Gasteiger charge is -2.20. The molecule has 0 radical (unpaired) electrons. The van der Waals surface area contributed by atoms with Gasteiger partial charge in [-0.3, -0.25) is 0 Å². The maximum atomic E-state index is 11.7. The second-order valence-electron chi connectivity index (χ2n) is 7.88. The topological polar surface area (TPSA) is 89.3 Å². The molecule has 29 heavy (non-hydrogen) atoms. The normalized spacial score (nSPS) is 11.3. The van der Waals surface area contributed by atoms with Crippen molar-refractivity contribution in [2.45, 2.75) is 39.5 Å². The molecule has 1 heterocycles. The van der Waals surface area contributed by atoms with E-state index >= 15 is 0 Å². The first-order valence-electron chi connectivity index (χ1n) is 9.32. The molecular formula is C22H25BrN4O2. The van der Waals surface area contributed by atoms with Gasteiger partial charge in [-0.15, -0.1) is 0 Å². The number of nitrogens with two attached hydrogens (primary N) is 1. The van der Waals surface area contributed by atoms with Gasteiger partial charge >= 0.3 is 6.09 Å². The number of anilines is 2. The third-order valence-electron chi connectivity index (χ3n) is 4.14. The van der Waals surface area contributed by atoms with Crippen LogP contribution in [-0.4, -0.2) is 16.6 Å². The zero-order valence-electron chi connectivity index (χ0n) is 16.8. The fraction of sp³-hybridized carbons (Fsp3) is 0.273. The Balaban J connectivity index is 1.58. The molecule has 0 spiro atoms. The van der Waals surface area contributed by atoms with Crippen molar-refractivity contribution >= 4 is 44.4 Å².